The zero-order valence-electron chi connectivity index (χ0n) is 15.1. The molecule has 0 bridgehead atoms. The van der Waals surface area contributed by atoms with Crippen LogP contribution in [0.2, 0.25) is 0 Å². The minimum atomic E-state index is -0.229. The maximum absolute atomic E-state index is 12.7. The Morgan fingerprint density at radius 2 is 2.15 bits per heavy atom. The Labute approximate surface area is 153 Å². The predicted octanol–water partition coefficient (Wildman–Crippen LogP) is 2.04. The molecule has 0 spiro atoms. The average Bonchev–Trinajstić information content (AvgIpc) is 2.96. The van der Waals surface area contributed by atoms with Gasteiger partial charge in [0, 0.05) is 44.6 Å². The fourth-order valence-electron chi connectivity index (χ4n) is 3.18. The number of rotatable bonds is 7. The van der Waals surface area contributed by atoms with Gasteiger partial charge in [0.05, 0.1) is 17.7 Å². The number of pyridine rings is 1. The number of ether oxygens (including phenoxy) is 1. The molecule has 0 radical (unpaired) electrons. The summed E-state index contributed by atoms with van der Waals surface area (Å²) >= 11 is 0. The van der Waals surface area contributed by atoms with Crippen molar-refractivity contribution in [1.82, 2.24) is 15.2 Å². The first kappa shape index (κ1) is 18.1. The number of hydrogen-bond acceptors (Lipinski definition) is 4. The number of benzene rings is 1. The molecule has 1 aliphatic rings. The second-order valence-electron chi connectivity index (χ2n) is 6.46. The lowest BCUT2D eigenvalue weighted by molar-refractivity contribution is 0.0715. The van der Waals surface area contributed by atoms with Gasteiger partial charge in [0.1, 0.15) is 0 Å². The van der Waals surface area contributed by atoms with Crippen LogP contribution in [0.3, 0.4) is 0 Å². The van der Waals surface area contributed by atoms with Gasteiger partial charge in [0.25, 0.3) is 11.8 Å². The van der Waals surface area contributed by atoms with E-state index >= 15 is 0 Å². The van der Waals surface area contributed by atoms with Crippen molar-refractivity contribution in [1.29, 1.82) is 0 Å². The molecule has 1 aromatic carbocycles. The standard InChI is InChI=1S/C20H23N3O3/c1-14(12-16-7-3-4-9-21-16)22-19(24)17-8-5-6-15-13-23(10-11-26-2)20(25)18(15)17/h3-9,14H,10-13H2,1-2H3,(H,22,24). The Morgan fingerprint density at radius 3 is 2.88 bits per heavy atom. The molecule has 6 nitrogen and oxygen atoms in total. The average molecular weight is 353 g/mol. The van der Waals surface area contributed by atoms with Crippen molar-refractivity contribution >= 4 is 11.8 Å². The van der Waals surface area contributed by atoms with Gasteiger partial charge in [0.15, 0.2) is 0 Å². The van der Waals surface area contributed by atoms with E-state index < -0.39 is 0 Å². The molecule has 2 heterocycles. The first-order valence-electron chi connectivity index (χ1n) is 8.71. The SMILES string of the molecule is COCCN1Cc2cccc(C(=O)NC(C)Cc3ccccn3)c2C1=O. The number of nitrogens with zero attached hydrogens (tertiary/aromatic N) is 2. The van der Waals surface area contributed by atoms with Crippen LogP contribution in [0.4, 0.5) is 0 Å². The van der Waals surface area contributed by atoms with E-state index in [-0.39, 0.29) is 17.9 Å². The number of fused-ring (bicyclic) bond motifs is 1. The Kier molecular flexibility index (Phi) is 5.63. The summed E-state index contributed by atoms with van der Waals surface area (Å²) in [5.74, 6) is -0.340. The fourth-order valence-corrected chi connectivity index (χ4v) is 3.18. The van der Waals surface area contributed by atoms with Crippen molar-refractivity contribution in [2.24, 2.45) is 0 Å². The number of aromatic nitrogens is 1. The topological polar surface area (TPSA) is 71.5 Å². The molecule has 1 atom stereocenters. The lowest BCUT2D eigenvalue weighted by atomic mass is 10.0. The van der Waals surface area contributed by atoms with Crippen molar-refractivity contribution in [3.8, 4) is 0 Å². The summed E-state index contributed by atoms with van der Waals surface area (Å²) in [5.41, 5.74) is 2.74. The quantitative estimate of drug-likeness (QED) is 0.827. The van der Waals surface area contributed by atoms with Crippen molar-refractivity contribution in [2.45, 2.75) is 25.9 Å². The molecule has 26 heavy (non-hydrogen) atoms. The maximum Gasteiger partial charge on any atom is 0.255 e. The van der Waals surface area contributed by atoms with Crippen molar-refractivity contribution in [3.05, 3.63) is 65.0 Å². The van der Waals surface area contributed by atoms with Gasteiger partial charge in [0.2, 0.25) is 0 Å². The van der Waals surface area contributed by atoms with Gasteiger partial charge in [-0.05, 0) is 30.7 Å². The highest BCUT2D eigenvalue weighted by molar-refractivity contribution is 6.09. The number of hydrogen-bond donors (Lipinski definition) is 1. The molecule has 3 rings (SSSR count). The molecule has 136 valence electrons. The summed E-state index contributed by atoms with van der Waals surface area (Å²) in [4.78, 5) is 31.4. The molecule has 0 saturated carbocycles. The van der Waals surface area contributed by atoms with Crippen LogP contribution in [0.1, 0.15) is 38.9 Å². The predicted molar refractivity (Wildman–Crippen MR) is 97.9 cm³/mol. The highest BCUT2D eigenvalue weighted by Crippen LogP contribution is 2.26. The lowest BCUT2D eigenvalue weighted by Gasteiger charge is -2.16. The zero-order chi connectivity index (χ0) is 18.5. The van der Waals surface area contributed by atoms with E-state index in [1.807, 2.05) is 37.3 Å². The molecule has 0 saturated heterocycles. The van der Waals surface area contributed by atoms with Crippen molar-refractivity contribution in [2.75, 3.05) is 20.3 Å². The Bertz CT molecular complexity index is 792. The number of methoxy groups -OCH3 is 1. The highest BCUT2D eigenvalue weighted by Gasteiger charge is 2.31. The van der Waals surface area contributed by atoms with Gasteiger partial charge < -0.3 is 15.0 Å². The number of amides is 2. The van der Waals surface area contributed by atoms with Gasteiger partial charge >= 0.3 is 0 Å². The fraction of sp³-hybridized carbons (Fsp3) is 0.350. The van der Waals surface area contributed by atoms with Gasteiger partial charge in [-0.2, -0.15) is 0 Å². The van der Waals surface area contributed by atoms with Crippen molar-refractivity contribution < 1.29 is 14.3 Å². The number of carbonyl (C=O) groups excluding carboxylic acids is 2. The second-order valence-corrected chi connectivity index (χ2v) is 6.46. The molecule has 2 amide bonds. The van der Waals surface area contributed by atoms with E-state index in [1.54, 1.807) is 24.3 Å². The van der Waals surface area contributed by atoms with E-state index in [2.05, 4.69) is 10.3 Å². The van der Waals surface area contributed by atoms with Crippen LogP contribution in [-0.2, 0) is 17.7 Å². The summed E-state index contributed by atoms with van der Waals surface area (Å²) in [6, 6.07) is 11.1. The Morgan fingerprint density at radius 1 is 1.31 bits per heavy atom. The number of carbonyl (C=O) groups is 2. The van der Waals surface area contributed by atoms with E-state index in [0.717, 1.165) is 11.3 Å². The first-order chi connectivity index (χ1) is 12.6. The van der Waals surface area contributed by atoms with Crippen LogP contribution in [0.5, 0.6) is 0 Å². The molecule has 2 aromatic rings. The van der Waals surface area contributed by atoms with Crippen LogP contribution >= 0.6 is 0 Å². The minimum absolute atomic E-state index is 0.0886. The zero-order valence-corrected chi connectivity index (χ0v) is 15.1. The molecule has 1 aromatic heterocycles. The van der Waals surface area contributed by atoms with Crippen LogP contribution in [-0.4, -0.2) is 48.0 Å². The summed E-state index contributed by atoms with van der Waals surface area (Å²) in [5, 5.41) is 2.98. The molecule has 0 fully saturated rings. The van der Waals surface area contributed by atoms with Crippen LogP contribution in [0, 0.1) is 0 Å². The van der Waals surface area contributed by atoms with Crippen LogP contribution < -0.4 is 5.32 Å². The molecule has 1 unspecified atom stereocenters. The van der Waals surface area contributed by atoms with Crippen LogP contribution in [0.25, 0.3) is 0 Å². The van der Waals surface area contributed by atoms with E-state index in [1.165, 1.54) is 0 Å². The number of nitrogens with one attached hydrogen (secondary N) is 1. The van der Waals surface area contributed by atoms with E-state index in [0.29, 0.717) is 37.2 Å². The highest BCUT2D eigenvalue weighted by atomic mass is 16.5. The van der Waals surface area contributed by atoms with Gasteiger partial charge in [-0.3, -0.25) is 14.6 Å². The largest absolute Gasteiger partial charge is 0.383 e. The third-order valence-electron chi connectivity index (χ3n) is 4.44. The lowest BCUT2D eigenvalue weighted by Crippen LogP contribution is -2.35. The first-order valence-corrected chi connectivity index (χ1v) is 8.71. The molecule has 1 aliphatic heterocycles. The Hall–Kier alpha value is -2.73. The minimum Gasteiger partial charge on any atom is -0.383 e. The summed E-state index contributed by atoms with van der Waals surface area (Å²) < 4.78 is 5.06. The molecule has 0 aliphatic carbocycles. The monoisotopic (exact) mass is 353 g/mol. The molecule has 1 N–H and O–H groups in total. The summed E-state index contributed by atoms with van der Waals surface area (Å²) in [6.45, 7) is 3.44. The smallest absolute Gasteiger partial charge is 0.255 e. The maximum atomic E-state index is 12.7. The van der Waals surface area contributed by atoms with Gasteiger partial charge in [-0.15, -0.1) is 0 Å². The molecular formula is C20H23N3O3. The normalized spacial score (nSPS) is 14.2. The van der Waals surface area contributed by atoms with E-state index in [9.17, 15) is 9.59 Å². The Balaban J connectivity index is 1.72. The third kappa shape index (κ3) is 3.91. The van der Waals surface area contributed by atoms with Gasteiger partial charge in [-0.1, -0.05) is 18.2 Å². The third-order valence-corrected chi connectivity index (χ3v) is 4.44. The summed E-state index contributed by atoms with van der Waals surface area (Å²) in [6.07, 6.45) is 2.37. The molecular weight excluding hydrogens is 330 g/mol. The molecule has 6 heteroatoms. The van der Waals surface area contributed by atoms with Crippen LogP contribution in [0.15, 0.2) is 42.6 Å². The van der Waals surface area contributed by atoms with E-state index in [4.69, 9.17) is 4.74 Å². The summed E-state index contributed by atoms with van der Waals surface area (Å²) in [7, 11) is 1.61. The van der Waals surface area contributed by atoms with Gasteiger partial charge in [-0.25, -0.2) is 0 Å². The van der Waals surface area contributed by atoms with Crippen molar-refractivity contribution in [3.63, 3.8) is 0 Å². The second kappa shape index (κ2) is 8.10.